The number of aryl methyl sites for hydroxylation is 2. The molecule has 2 unspecified atom stereocenters. The number of carbonyl (C=O) groups is 3. The van der Waals surface area contributed by atoms with Crippen molar-refractivity contribution in [2.45, 2.75) is 70.2 Å². The molecule has 0 saturated carbocycles. The highest BCUT2D eigenvalue weighted by atomic mass is 16.6. The van der Waals surface area contributed by atoms with Crippen molar-refractivity contribution in [3.05, 3.63) is 77.9 Å². The molecule has 2 aromatic carbocycles. The molecule has 2 amide bonds. The highest BCUT2D eigenvalue weighted by Gasteiger charge is 2.79. The Morgan fingerprint density at radius 1 is 1.22 bits per heavy atom. The zero-order valence-electron chi connectivity index (χ0n) is 24.3. The molecule has 218 valence electrons. The summed E-state index contributed by atoms with van der Waals surface area (Å²) in [4.78, 5) is 45.9. The molecule has 1 N–H and O–H groups in total. The van der Waals surface area contributed by atoms with Gasteiger partial charge in [0.15, 0.2) is 0 Å². The van der Waals surface area contributed by atoms with Crippen LogP contribution in [-0.4, -0.2) is 70.8 Å². The van der Waals surface area contributed by atoms with Gasteiger partial charge in [0.25, 0.3) is 5.91 Å². The first-order chi connectivity index (χ1) is 19.6. The second-order valence-corrected chi connectivity index (χ2v) is 11.8. The van der Waals surface area contributed by atoms with E-state index in [-0.39, 0.29) is 31.6 Å². The minimum absolute atomic E-state index is 0.179. The number of likely N-dealkylation sites (tertiary alicyclic amines) is 1. The van der Waals surface area contributed by atoms with Gasteiger partial charge in [-0.05, 0) is 69.7 Å². The molecule has 5 rings (SSSR count). The Morgan fingerprint density at radius 2 is 1.95 bits per heavy atom. The molecule has 1 spiro atoms. The molecule has 2 bridgehead atoms. The van der Waals surface area contributed by atoms with Crippen molar-refractivity contribution in [1.29, 1.82) is 0 Å². The Hall–Kier alpha value is -3.49. The third-order valence-corrected chi connectivity index (χ3v) is 9.14. The van der Waals surface area contributed by atoms with Gasteiger partial charge in [0.2, 0.25) is 5.91 Å². The van der Waals surface area contributed by atoms with Crippen LogP contribution in [0.5, 0.6) is 0 Å². The van der Waals surface area contributed by atoms with Crippen molar-refractivity contribution >= 4 is 23.5 Å². The fourth-order valence-corrected chi connectivity index (χ4v) is 7.36. The topological polar surface area (TPSA) is 96.4 Å². The van der Waals surface area contributed by atoms with Crippen LogP contribution in [0.4, 0.5) is 5.69 Å². The Bertz CT molecular complexity index is 1340. The summed E-state index contributed by atoms with van der Waals surface area (Å²) in [5, 5.41) is 10.7. The summed E-state index contributed by atoms with van der Waals surface area (Å²) in [6, 6.07) is 13.8. The van der Waals surface area contributed by atoms with E-state index in [0.717, 1.165) is 22.4 Å². The predicted octanol–water partition coefficient (Wildman–Crippen LogP) is 3.75. The Morgan fingerprint density at radius 3 is 2.61 bits per heavy atom. The third-order valence-electron chi connectivity index (χ3n) is 9.14. The number of hydrogen-bond acceptors (Lipinski definition) is 6. The first-order valence-electron chi connectivity index (χ1n) is 14.4. The van der Waals surface area contributed by atoms with Gasteiger partial charge in [-0.25, -0.2) is 0 Å². The van der Waals surface area contributed by atoms with E-state index in [1.807, 2.05) is 69.3 Å². The van der Waals surface area contributed by atoms with E-state index in [2.05, 4.69) is 6.58 Å². The van der Waals surface area contributed by atoms with Crippen molar-refractivity contribution in [3.8, 4) is 0 Å². The number of carbonyl (C=O) groups excluding carboxylic acids is 3. The zero-order valence-corrected chi connectivity index (χ0v) is 24.3. The van der Waals surface area contributed by atoms with Gasteiger partial charge in [-0.3, -0.25) is 14.4 Å². The maximum atomic E-state index is 14.9. The summed E-state index contributed by atoms with van der Waals surface area (Å²) in [5.74, 6) is -2.87. The molecular weight excluding hydrogens is 520 g/mol. The maximum Gasteiger partial charge on any atom is 0.312 e. The standard InChI is InChI=1S/C33H40N2O6/c1-6-17-34(25-18-21(3)13-14-22(25)4)30(38)28-33-16-15-32(5,41-33)27(31(39)40-7-2)26(33)29(37)35(28)24(20-36)19-23-11-9-8-10-12-23/h6,8-14,18,24,26-28,36H,1,7,15-17,19-20H2,2-5H3/t24-,26+,27+,28?,32-,33?/m1/s1. The van der Waals surface area contributed by atoms with Crippen LogP contribution >= 0.6 is 0 Å². The van der Waals surface area contributed by atoms with E-state index >= 15 is 0 Å². The van der Waals surface area contributed by atoms with Gasteiger partial charge in [0.1, 0.15) is 17.6 Å². The van der Waals surface area contributed by atoms with Gasteiger partial charge >= 0.3 is 5.97 Å². The normalized spacial score (nSPS) is 28.9. The lowest BCUT2D eigenvalue weighted by atomic mass is 9.66. The monoisotopic (exact) mass is 560 g/mol. The minimum atomic E-state index is -1.22. The first kappa shape index (κ1) is 29.0. The molecule has 0 aromatic heterocycles. The number of anilines is 1. The average Bonchev–Trinajstić information content (AvgIpc) is 3.53. The quantitative estimate of drug-likeness (QED) is 0.351. The van der Waals surface area contributed by atoms with E-state index in [4.69, 9.17) is 9.47 Å². The van der Waals surface area contributed by atoms with Gasteiger partial charge in [-0.1, -0.05) is 48.5 Å². The lowest BCUT2D eigenvalue weighted by Crippen LogP contribution is -2.59. The van der Waals surface area contributed by atoms with Crippen LogP contribution in [0.15, 0.2) is 61.2 Å². The summed E-state index contributed by atoms with van der Waals surface area (Å²) >= 11 is 0. The molecule has 2 aromatic rings. The number of rotatable bonds is 10. The second-order valence-electron chi connectivity index (χ2n) is 11.8. The molecule has 6 atom stereocenters. The molecule has 3 saturated heterocycles. The first-order valence-corrected chi connectivity index (χ1v) is 14.4. The van der Waals surface area contributed by atoms with Crippen molar-refractivity contribution in [3.63, 3.8) is 0 Å². The van der Waals surface area contributed by atoms with Crippen molar-refractivity contribution in [2.24, 2.45) is 11.8 Å². The highest BCUT2D eigenvalue weighted by molar-refractivity contribution is 6.05. The molecule has 3 fully saturated rings. The molecule has 3 aliphatic rings. The van der Waals surface area contributed by atoms with Gasteiger partial charge in [-0.2, -0.15) is 0 Å². The third kappa shape index (κ3) is 4.67. The molecule has 3 aliphatic heterocycles. The van der Waals surface area contributed by atoms with Crippen LogP contribution < -0.4 is 4.90 Å². The predicted molar refractivity (Wildman–Crippen MR) is 155 cm³/mol. The van der Waals surface area contributed by atoms with Crippen LogP contribution in [0.3, 0.4) is 0 Å². The number of ether oxygens (including phenoxy) is 2. The van der Waals surface area contributed by atoms with Crippen LogP contribution in [0, 0.1) is 25.7 Å². The molecule has 0 aliphatic carbocycles. The molecular formula is C33H40N2O6. The van der Waals surface area contributed by atoms with Gasteiger partial charge in [-0.15, -0.1) is 6.58 Å². The minimum Gasteiger partial charge on any atom is -0.466 e. The summed E-state index contributed by atoms with van der Waals surface area (Å²) in [5.41, 5.74) is 1.41. The van der Waals surface area contributed by atoms with Crippen LogP contribution in [0.1, 0.15) is 43.4 Å². The van der Waals surface area contributed by atoms with E-state index in [0.29, 0.717) is 19.3 Å². The van der Waals surface area contributed by atoms with E-state index < -0.39 is 41.1 Å². The number of aliphatic hydroxyl groups is 1. The number of esters is 1. The average molecular weight is 561 g/mol. The fourth-order valence-electron chi connectivity index (χ4n) is 7.36. The number of hydrogen-bond donors (Lipinski definition) is 1. The number of fused-ring (bicyclic) bond motifs is 1. The SMILES string of the molecule is C=CCN(C(=O)C1N([C@@H](CO)Cc2ccccc2)C(=O)[C@@H]2[C@@H](C(=O)OCC)[C@@]3(C)CCC12O3)c1cc(C)ccc1C. The Kier molecular flexibility index (Phi) is 7.83. The smallest absolute Gasteiger partial charge is 0.312 e. The van der Waals surface area contributed by atoms with Crippen LogP contribution in [-0.2, 0) is 30.3 Å². The Labute approximate surface area is 241 Å². The van der Waals surface area contributed by atoms with Crippen molar-refractivity contribution in [1.82, 2.24) is 4.90 Å². The molecule has 41 heavy (non-hydrogen) atoms. The van der Waals surface area contributed by atoms with Crippen LogP contribution in [0.2, 0.25) is 0 Å². The van der Waals surface area contributed by atoms with Gasteiger partial charge < -0.3 is 24.4 Å². The highest BCUT2D eigenvalue weighted by Crippen LogP contribution is 2.64. The maximum absolute atomic E-state index is 14.9. The zero-order chi connectivity index (χ0) is 29.5. The molecule has 3 heterocycles. The summed E-state index contributed by atoms with van der Waals surface area (Å²) in [6.07, 6.45) is 2.98. The van der Waals surface area contributed by atoms with Crippen molar-refractivity contribution < 1.29 is 29.0 Å². The summed E-state index contributed by atoms with van der Waals surface area (Å²) < 4.78 is 12.2. The van der Waals surface area contributed by atoms with Crippen molar-refractivity contribution in [2.75, 3.05) is 24.7 Å². The second kappa shape index (κ2) is 11.1. The molecule has 8 heteroatoms. The fraction of sp³-hybridized carbons (Fsp3) is 0.485. The summed E-state index contributed by atoms with van der Waals surface area (Å²) in [6.45, 7) is 11.4. The lowest BCUT2D eigenvalue weighted by molar-refractivity contribution is -0.160. The largest absolute Gasteiger partial charge is 0.466 e. The number of aliphatic hydroxyl groups excluding tert-OH is 1. The number of amides is 2. The van der Waals surface area contributed by atoms with E-state index in [9.17, 15) is 19.5 Å². The van der Waals surface area contributed by atoms with Gasteiger partial charge in [0.05, 0.1) is 30.8 Å². The van der Waals surface area contributed by atoms with Gasteiger partial charge in [0, 0.05) is 12.2 Å². The van der Waals surface area contributed by atoms with Crippen LogP contribution in [0.25, 0.3) is 0 Å². The molecule has 0 radical (unpaired) electrons. The van der Waals surface area contributed by atoms with E-state index in [1.54, 1.807) is 17.9 Å². The number of nitrogens with zero attached hydrogens (tertiary/aromatic N) is 2. The Balaban J connectivity index is 1.65. The molecule has 8 nitrogen and oxygen atoms in total. The summed E-state index contributed by atoms with van der Waals surface area (Å²) in [7, 11) is 0. The van der Waals surface area contributed by atoms with E-state index in [1.165, 1.54) is 4.90 Å². The lowest BCUT2D eigenvalue weighted by Gasteiger charge is -2.40. The number of benzene rings is 2.